The van der Waals surface area contributed by atoms with Gasteiger partial charge in [-0.1, -0.05) is 17.7 Å². The van der Waals surface area contributed by atoms with Crippen LogP contribution < -0.4 is 10.2 Å². The number of rotatable bonds is 5. The fraction of sp³-hybridized carbons (Fsp3) is 0.591. The van der Waals surface area contributed by atoms with Gasteiger partial charge in [-0.15, -0.1) is 0 Å². The van der Waals surface area contributed by atoms with E-state index in [1.54, 1.807) is 4.90 Å². The number of nitrogens with zero attached hydrogens (tertiary/aromatic N) is 3. The second-order valence-electron chi connectivity index (χ2n) is 8.46. The molecular weight excluding hydrogens is 404 g/mol. The van der Waals surface area contributed by atoms with Gasteiger partial charge in [0.25, 0.3) is 0 Å². The fourth-order valence-corrected chi connectivity index (χ4v) is 4.47. The molecule has 3 amide bonds. The Kier molecular flexibility index (Phi) is 6.46. The van der Waals surface area contributed by atoms with Gasteiger partial charge in [-0.25, -0.2) is 0 Å². The van der Waals surface area contributed by atoms with Gasteiger partial charge < -0.3 is 20.0 Å². The molecule has 2 heterocycles. The molecule has 8 heteroatoms. The van der Waals surface area contributed by atoms with E-state index in [0.29, 0.717) is 24.7 Å². The van der Waals surface area contributed by atoms with Crippen LogP contribution in [0.15, 0.2) is 24.3 Å². The van der Waals surface area contributed by atoms with Crippen molar-refractivity contribution >= 4 is 35.0 Å². The standard InChI is InChI=1S/C22H29ClN4O3/c23-18-4-1-5-19(13-18)25-9-11-26(12-10-25)20(28)14-24-21(29)17-3-2-8-27(15-17)22(30)16-6-7-16/h1,4-5,13,16-17H,2-3,6-12,14-15H2,(H,24,29). The topological polar surface area (TPSA) is 73.0 Å². The first-order valence-corrected chi connectivity index (χ1v) is 11.2. The molecule has 4 rings (SSSR count). The number of carbonyl (C=O) groups is 3. The molecule has 1 unspecified atom stereocenters. The van der Waals surface area contributed by atoms with E-state index in [-0.39, 0.29) is 36.1 Å². The van der Waals surface area contributed by atoms with E-state index < -0.39 is 0 Å². The molecule has 30 heavy (non-hydrogen) atoms. The summed E-state index contributed by atoms with van der Waals surface area (Å²) in [5, 5.41) is 3.51. The van der Waals surface area contributed by atoms with Gasteiger partial charge in [-0.2, -0.15) is 0 Å². The second-order valence-corrected chi connectivity index (χ2v) is 8.90. The highest BCUT2D eigenvalue weighted by Crippen LogP contribution is 2.32. The quantitative estimate of drug-likeness (QED) is 0.769. The largest absolute Gasteiger partial charge is 0.368 e. The average molecular weight is 433 g/mol. The third kappa shape index (κ3) is 5.06. The Bertz CT molecular complexity index is 805. The van der Waals surface area contributed by atoms with Crippen molar-refractivity contribution < 1.29 is 14.4 Å². The van der Waals surface area contributed by atoms with Crippen LogP contribution in [-0.4, -0.2) is 73.3 Å². The summed E-state index contributed by atoms with van der Waals surface area (Å²) in [6.07, 6.45) is 3.57. The Morgan fingerprint density at radius 3 is 2.43 bits per heavy atom. The summed E-state index contributed by atoms with van der Waals surface area (Å²) in [5.74, 6) is -0.0147. The van der Waals surface area contributed by atoms with Gasteiger partial charge in [-0.3, -0.25) is 14.4 Å². The maximum absolute atomic E-state index is 12.6. The molecule has 1 aromatic rings. The molecule has 1 saturated carbocycles. The van der Waals surface area contributed by atoms with E-state index >= 15 is 0 Å². The van der Waals surface area contributed by atoms with Crippen molar-refractivity contribution in [3.05, 3.63) is 29.3 Å². The van der Waals surface area contributed by atoms with Crippen molar-refractivity contribution in [1.29, 1.82) is 0 Å². The second kappa shape index (κ2) is 9.25. The molecule has 2 aliphatic heterocycles. The summed E-state index contributed by atoms with van der Waals surface area (Å²) >= 11 is 6.07. The predicted octanol–water partition coefficient (Wildman–Crippen LogP) is 1.75. The number of halogens is 1. The molecule has 0 aromatic heterocycles. The number of nitrogens with one attached hydrogen (secondary N) is 1. The highest BCUT2D eigenvalue weighted by Gasteiger charge is 2.36. The highest BCUT2D eigenvalue weighted by atomic mass is 35.5. The third-order valence-corrected chi connectivity index (χ3v) is 6.49. The van der Waals surface area contributed by atoms with Crippen LogP contribution in [0.3, 0.4) is 0 Å². The Morgan fingerprint density at radius 2 is 1.73 bits per heavy atom. The van der Waals surface area contributed by atoms with E-state index in [9.17, 15) is 14.4 Å². The van der Waals surface area contributed by atoms with Crippen LogP contribution >= 0.6 is 11.6 Å². The minimum absolute atomic E-state index is 0.0169. The van der Waals surface area contributed by atoms with Crippen molar-refractivity contribution in [3.63, 3.8) is 0 Å². The number of anilines is 1. The maximum Gasteiger partial charge on any atom is 0.242 e. The zero-order valence-corrected chi connectivity index (χ0v) is 17.9. The van der Waals surface area contributed by atoms with Crippen LogP contribution in [0.1, 0.15) is 25.7 Å². The van der Waals surface area contributed by atoms with Gasteiger partial charge in [0.05, 0.1) is 12.5 Å². The summed E-state index contributed by atoms with van der Waals surface area (Å²) in [6.45, 7) is 3.95. The third-order valence-electron chi connectivity index (χ3n) is 6.25. The first-order chi connectivity index (χ1) is 14.5. The molecule has 2 saturated heterocycles. The molecule has 0 bridgehead atoms. The first-order valence-electron chi connectivity index (χ1n) is 10.9. The Labute approximate surface area is 182 Å². The van der Waals surface area contributed by atoms with E-state index in [2.05, 4.69) is 10.2 Å². The first kappa shape index (κ1) is 21.0. The molecule has 0 radical (unpaired) electrons. The van der Waals surface area contributed by atoms with Gasteiger partial charge >= 0.3 is 0 Å². The zero-order valence-electron chi connectivity index (χ0n) is 17.2. The van der Waals surface area contributed by atoms with Crippen molar-refractivity contribution in [2.75, 3.05) is 50.7 Å². The lowest BCUT2D eigenvalue weighted by atomic mass is 9.96. The average Bonchev–Trinajstić information content (AvgIpc) is 3.62. The minimum Gasteiger partial charge on any atom is -0.368 e. The van der Waals surface area contributed by atoms with Crippen LogP contribution in [0.25, 0.3) is 0 Å². The molecule has 1 N–H and O–H groups in total. The number of likely N-dealkylation sites (tertiary alicyclic amines) is 1. The molecular formula is C22H29ClN4O3. The molecule has 3 fully saturated rings. The minimum atomic E-state index is -0.214. The summed E-state index contributed by atoms with van der Waals surface area (Å²) in [7, 11) is 0. The molecule has 162 valence electrons. The molecule has 1 aliphatic carbocycles. The number of hydrogen-bond donors (Lipinski definition) is 1. The van der Waals surface area contributed by atoms with Gasteiger partial charge in [0.1, 0.15) is 0 Å². The van der Waals surface area contributed by atoms with Crippen LogP contribution in [0.5, 0.6) is 0 Å². The normalized spacial score (nSPS) is 22.0. The van der Waals surface area contributed by atoms with Crippen molar-refractivity contribution in [2.45, 2.75) is 25.7 Å². The molecule has 1 aromatic carbocycles. The lowest BCUT2D eigenvalue weighted by Gasteiger charge is -2.36. The summed E-state index contributed by atoms with van der Waals surface area (Å²) in [6, 6.07) is 7.72. The van der Waals surface area contributed by atoms with E-state index in [1.807, 2.05) is 29.2 Å². The Morgan fingerprint density at radius 1 is 0.967 bits per heavy atom. The molecule has 1 atom stereocenters. The summed E-state index contributed by atoms with van der Waals surface area (Å²) in [5.41, 5.74) is 1.06. The van der Waals surface area contributed by atoms with Crippen LogP contribution in [0.4, 0.5) is 5.69 Å². The number of hydrogen-bond acceptors (Lipinski definition) is 4. The van der Waals surface area contributed by atoms with E-state index in [1.165, 1.54) is 0 Å². The van der Waals surface area contributed by atoms with Crippen LogP contribution in [-0.2, 0) is 14.4 Å². The predicted molar refractivity (Wildman–Crippen MR) is 115 cm³/mol. The number of benzene rings is 1. The van der Waals surface area contributed by atoms with Crippen LogP contribution in [0, 0.1) is 11.8 Å². The van der Waals surface area contributed by atoms with Crippen molar-refractivity contribution in [3.8, 4) is 0 Å². The van der Waals surface area contributed by atoms with Crippen molar-refractivity contribution in [1.82, 2.24) is 15.1 Å². The summed E-state index contributed by atoms with van der Waals surface area (Å²) in [4.78, 5) is 43.2. The Balaban J connectivity index is 1.21. The summed E-state index contributed by atoms with van der Waals surface area (Å²) < 4.78 is 0. The van der Waals surface area contributed by atoms with Gasteiger partial charge in [-0.05, 0) is 43.9 Å². The van der Waals surface area contributed by atoms with E-state index in [0.717, 1.165) is 51.0 Å². The van der Waals surface area contributed by atoms with E-state index in [4.69, 9.17) is 11.6 Å². The van der Waals surface area contributed by atoms with Crippen molar-refractivity contribution in [2.24, 2.45) is 11.8 Å². The maximum atomic E-state index is 12.6. The Hall–Kier alpha value is -2.28. The van der Waals surface area contributed by atoms with Gasteiger partial charge in [0.15, 0.2) is 0 Å². The SMILES string of the molecule is O=C(NCC(=O)N1CCN(c2cccc(Cl)c2)CC1)C1CCCN(C(=O)C2CC2)C1. The number of piperazine rings is 1. The van der Waals surface area contributed by atoms with Gasteiger partial charge in [0, 0.05) is 55.9 Å². The number of piperidine rings is 1. The van der Waals surface area contributed by atoms with Gasteiger partial charge in [0.2, 0.25) is 17.7 Å². The lowest BCUT2D eigenvalue weighted by molar-refractivity contribution is -0.138. The zero-order chi connectivity index (χ0) is 21.1. The highest BCUT2D eigenvalue weighted by molar-refractivity contribution is 6.30. The molecule has 0 spiro atoms. The number of carbonyl (C=O) groups excluding carboxylic acids is 3. The fourth-order valence-electron chi connectivity index (χ4n) is 4.29. The monoisotopic (exact) mass is 432 g/mol. The molecule has 3 aliphatic rings. The number of amides is 3. The molecule has 7 nitrogen and oxygen atoms in total. The smallest absolute Gasteiger partial charge is 0.242 e. The van der Waals surface area contributed by atoms with Crippen LogP contribution in [0.2, 0.25) is 5.02 Å². The lowest BCUT2D eigenvalue weighted by Crippen LogP contribution is -2.52.